The molecule has 2 fully saturated rings. The van der Waals surface area contributed by atoms with Crippen LogP contribution in [-0.2, 0) is 4.79 Å². The molecule has 110 valence electrons. The van der Waals surface area contributed by atoms with Crippen molar-refractivity contribution >= 4 is 5.91 Å². The number of hydrogen-bond acceptors (Lipinski definition) is 2. The summed E-state index contributed by atoms with van der Waals surface area (Å²) in [5.41, 5.74) is 6.06. The number of hydrogen-bond donors (Lipinski definition) is 1. The van der Waals surface area contributed by atoms with Crippen molar-refractivity contribution < 1.29 is 4.79 Å². The molecule has 0 bridgehead atoms. The molecule has 0 radical (unpaired) electrons. The zero-order chi connectivity index (χ0) is 13.8. The van der Waals surface area contributed by atoms with Gasteiger partial charge in [-0.05, 0) is 43.9 Å². The molecular weight excluding hydrogens is 236 g/mol. The van der Waals surface area contributed by atoms with Crippen molar-refractivity contribution in [2.75, 3.05) is 13.1 Å². The lowest BCUT2D eigenvalue weighted by Gasteiger charge is -2.27. The summed E-state index contributed by atoms with van der Waals surface area (Å²) in [4.78, 5) is 14.8. The van der Waals surface area contributed by atoms with Crippen molar-refractivity contribution in [1.82, 2.24) is 4.90 Å². The smallest absolute Gasteiger partial charge is 0.225 e. The Bertz CT molecular complexity index is 299. The highest BCUT2D eigenvalue weighted by Gasteiger charge is 2.39. The molecule has 0 spiro atoms. The minimum atomic E-state index is 0.267. The molecule has 0 aromatic rings. The molecule has 0 aromatic heterocycles. The van der Waals surface area contributed by atoms with Crippen LogP contribution in [0.2, 0.25) is 0 Å². The van der Waals surface area contributed by atoms with Crippen molar-refractivity contribution in [3.05, 3.63) is 0 Å². The van der Waals surface area contributed by atoms with Gasteiger partial charge in [0.1, 0.15) is 0 Å². The summed E-state index contributed by atoms with van der Waals surface area (Å²) in [7, 11) is 0. The van der Waals surface area contributed by atoms with Gasteiger partial charge in [-0.15, -0.1) is 0 Å². The minimum absolute atomic E-state index is 0.267. The first-order valence-corrected chi connectivity index (χ1v) is 8.20. The average Bonchev–Trinajstić information content (AvgIpc) is 2.80. The van der Waals surface area contributed by atoms with E-state index >= 15 is 0 Å². The highest BCUT2D eigenvalue weighted by molar-refractivity contribution is 5.79. The third kappa shape index (κ3) is 3.50. The van der Waals surface area contributed by atoms with E-state index in [1.807, 2.05) is 0 Å². The van der Waals surface area contributed by atoms with Gasteiger partial charge in [0.15, 0.2) is 0 Å². The number of nitrogens with two attached hydrogens (primary N) is 1. The zero-order valence-corrected chi connectivity index (χ0v) is 12.6. The number of carbonyl (C=O) groups is 1. The number of likely N-dealkylation sites (tertiary alicyclic amines) is 1. The van der Waals surface area contributed by atoms with Crippen LogP contribution in [0.15, 0.2) is 0 Å². The van der Waals surface area contributed by atoms with Gasteiger partial charge in [-0.1, -0.05) is 26.7 Å². The van der Waals surface area contributed by atoms with E-state index in [2.05, 4.69) is 18.7 Å². The highest BCUT2D eigenvalue weighted by Crippen LogP contribution is 2.36. The Labute approximate surface area is 117 Å². The summed E-state index contributed by atoms with van der Waals surface area (Å²) in [6.07, 6.45) is 7.83. The van der Waals surface area contributed by atoms with E-state index < -0.39 is 0 Å². The van der Waals surface area contributed by atoms with E-state index in [1.54, 1.807) is 0 Å². The summed E-state index contributed by atoms with van der Waals surface area (Å²) in [5.74, 6) is 2.10. The fourth-order valence-corrected chi connectivity index (χ4v) is 3.99. The lowest BCUT2D eigenvalue weighted by atomic mass is 9.79. The van der Waals surface area contributed by atoms with Crippen LogP contribution in [0.4, 0.5) is 0 Å². The Kier molecular flexibility index (Phi) is 5.26. The van der Waals surface area contributed by atoms with Gasteiger partial charge in [0, 0.05) is 25.0 Å². The number of nitrogens with zero attached hydrogens (tertiary/aromatic N) is 1. The third-order valence-electron chi connectivity index (χ3n) is 5.03. The molecule has 3 nitrogen and oxygen atoms in total. The normalized spacial score (nSPS) is 30.7. The minimum Gasteiger partial charge on any atom is -0.342 e. The van der Waals surface area contributed by atoms with Crippen LogP contribution in [0.1, 0.15) is 58.8 Å². The Hall–Kier alpha value is -0.570. The second kappa shape index (κ2) is 6.74. The molecule has 2 rings (SSSR count). The average molecular weight is 266 g/mol. The van der Waals surface area contributed by atoms with Crippen LogP contribution in [0.25, 0.3) is 0 Å². The van der Waals surface area contributed by atoms with Crippen molar-refractivity contribution in [2.24, 2.45) is 23.5 Å². The van der Waals surface area contributed by atoms with Crippen LogP contribution in [-0.4, -0.2) is 29.9 Å². The number of amides is 1. The fraction of sp³-hybridized carbons (Fsp3) is 0.938. The SMILES string of the molecule is CCCC(CCC)C(=O)N1C[C@H]2CCC(N)C[C@H]2C1. The Balaban J connectivity index is 1.93. The van der Waals surface area contributed by atoms with Crippen molar-refractivity contribution in [3.8, 4) is 0 Å². The summed E-state index contributed by atoms with van der Waals surface area (Å²) in [5, 5.41) is 0. The van der Waals surface area contributed by atoms with E-state index in [1.165, 1.54) is 6.42 Å². The highest BCUT2D eigenvalue weighted by atomic mass is 16.2. The van der Waals surface area contributed by atoms with E-state index in [-0.39, 0.29) is 5.92 Å². The maximum Gasteiger partial charge on any atom is 0.225 e. The van der Waals surface area contributed by atoms with Crippen LogP contribution in [0.3, 0.4) is 0 Å². The van der Waals surface area contributed by atoms with E-state index in [0.29, 0.717) is 17.9 Å². The molecule has 1 aliphatic heterocycles. The van der Waals surface area contributed by atoms with Crippen LogP contribution < -0.4 is 5.73 Å². The lowest BCUT2D eigenvalue weighted by Crippen LogP contribution is -2.35. The largest absolute Gasteiger partial charge is 0.342 e. The molecule has 1 saturated carbocycles. The summed E-state index contributed by atoms with van der Waals surface area (Å²) in [6, 6.07) is 0.374. The maximum atomic E-state index is 12.6. The molecule has 3 atom stereocenters. The first-order chi connectivity index (χ1) is 9.15. The first kappa shape index (κ1) is 14.8. The molecule has 2 N–H and O–H groups in total. The molecule has 3 heteroatoms. The second-order valence-electron chi connectivity index (χ2n) is 6.61. The summed E-state index contributed by atoms with van der Waals surface area (Å²) in [6.45, 7) is 6.33. The number of fused-ring (bicyclic) bond motifs is 1. The van der Waals surface area contributed by atoms with Crippen LogP contribution in [0, 0.1) is 17.8 Å². The monoisotopic (exact) mass is 266 g/mol. The number of carbonyl (C=O) groups excluding carboxylic acids is 1. The van der Waals surface area contributed by atoms with Crippen LogP contribution >= 0.6 is 0 Å². The van der Waals surface area contributed by atoms with Gasteiger partial charge < -0.3 is 10.6 Å². The van der Waals surface area contributed by atoms with Gasteiger partial charge >= 0.3 is 0 Å². The van der Waals surface area contributed by atoms with E-state index in [9.17, 15) is 4.79 Å². The molecule has 0 aromatic carbocycles. The quantitative estimate of drug-likeness (QED) is 0.831. The second-order valence-corrected chi connectivity index (χ2v) is 6.61. The predicted octanol–water partition coefficient (Wildman–Crippen LogP) is 2.79. The van der Waals surface area contributed by atoms with Crippen molar-refractivity contribution in [2.45, 2.75) is 64.8 Å². The maximum absolute atomic E-state index is 12.6. The molecule has 1 amide bonds. The molecular formula is C16H30N2O. The summed E-state index contributed by atoms with van der Waals surface area (Å²) < 4.78 is 0. The molecule has 19 heavy (non-hydrogen) atoms. The molecule has 1 saturated heterocycles. The van der Waals surface area contributed by atoms with Gasteiger partial charge in [0.25, 0.3) is 0 Å². The van der Waals surface area contributed by atoms with Gasteiger partial charge in [-0.25, -0.2) is 0 Å². The Morgan fingerprint density at radius 1 is 1.16 bits per heavy atom. The fourth-order valence-electron chi connectivity index (χ4n) is 3.99. The Morgan fingerprint density at radius 3 is 2.42 bits per heavy atom. The molecule has 1 heterocycles. The van der Waals surface area contributed by atoms with Crippen molar-refractivity contribution in [3.63, 3.8) is 0 Å². The van der Waals surface area contributed by atoms with Gasteiger partial charge in [-0.3, -0.25) is 4.79 Å². The van der Waals surface area contributed by atoms with E-state index in [4.69, 9.17) is 5.73 Å². The standard InChI is InChI=1S/C16H30N2O/c1-3-5-12(6-4-2)16(19)18-10-13-7-8-15(17)9-14(13)11-18/h12-15H,3-11,17H2,1-2H3/t13-,14+,15?/m1/s1. The third-order valence-corrected chi connectivity index (χ3v) is 5.03. The van der Waals surface area contributed by atoms with Gasteiger partial charge in [-0.2, -0.15) is 0 Å². The molecule has 1 unspecified atom stereocenters. The van der Waals surface area contributed by atoms with E-state index in [0.717, 1.165) is 57.5 Å². The van der Waals surface area contributed by atoms with Gasteiger partial charge in [0.05, 0.1) is 0 Å². The van der Waals surface area contributed by atoms with Gasteiger partial charge in [0.2, 0.25) is 5.91 Å². The predicted molar refractivity (Wildman–Crippen MR) is 78.7 cm³/mol. The molecule has 1 aliphatic carbocycles. The first-order valence-electron chi connectivity index (χ1n) is 8.20. The Morgan fingerprint density at radius 2 is 1.79 bits per heavy atom. The summed E-state index contributed by atoms with van der Waals surface area (Å²) >= 11 is 0. The van der Waals surface area contributed by atoms with Crippen molar-refractivity contribution in [1.29, 1.82) is 0 Å². The topological polar surface area (TPSA) is 46.3 Å². The molecule has 2 aliphatic rings. The lowest BCUT2D eigenvalue weighted by molar-refractivity contribution is -0.135. The van der Waals surface area contributed by atoms with Crippen LogP contribution in [0.5, 0.6) is 0 Å². The zero-order valence-electron chi connectivity index (χ0n) is 12.6. The number of rotatable bonds is 5.